The summed E-state index contributed by atoms with van der Waals surface area (Å²) >= 11 is 0. The molecule has 0 spiro atoms. The minimum Gasteiger partial charge on any atom is -0.416 e. The summed E-state index contributed by atoms with van der Waals surface area (Å²) < 4.78 is 10.4. The monoisotopic (exact) mass is 520 g/mol. The van der Waals surface area contributed by atoms with Crippen molar-refractivity contribution in [3.8, 4) is 11.1 Å². The van der Waals surface area contributed by atoms with Gasteiger partial charge in [0.15, 0.2) is 0 Å². The van der Waals surface area contributed by atoms with Crippen molar-refractivity contribution in [2.45, 2.75) is 44.2 Å². The topological polar surface area (TPSA) is 140 Å². The van der Waals surface area contributed by atoms with Gasteiger partial charge >= 0.3 is 6.09 Å². The zero-order chi connectivity index (χ0) is 27.4. The Morgan fingerprint density at radius 1 is 1.13 bits per heavy atom. The van der Waals surface area contributed by atoms with Crippen LogP contribution in [0.5, 0.6) is 0 Å². The molecule has 200 valence electrons. The Kier molecular flexibility index (Phi) is 7.82. The second-order valence-corrected chi connectivity index (χ2v) is 9.71. The van der Waals surface area contributed by atoms with Crippen molar-refractivity contribution in [1.82, 2.24) is 10.6 Å². The van der Waals surface area contributed by atoms with Crippen molar-refractivity contribution in [1.29, 1.82) is 0 Å². The number of hydrogen-bond acceptors (Lipinski definition) is 6. The Morgan fingerprint density at radius 3 is 2.42 bits per heavy atom. The van der Waals surface area contributed by atoms with E-state index in [1.807, 2.05) is 42.5 Å². The summed E-state index contributed by atoms with van der Waals surface area (Å²) in [4.78, 5) is 51.5. The van der Waals surface area contributed by atoms with Crippen LogP contribution in [0.2, 0.25) is 0 Å². The van der Waals surface area contributed by atoms with Crippen LogP contribution in [0, 0.1) is 0 Å². The van der Waals surface area contributed by atoms with Gasteiger partial charge in [0.2, 0.25) is 17.7 Å². The first kappa shape index (κ1) is 26.9. The van der Waals surface area contributed by atoms with Gasteiger partial charge in [0.05, 0.1) is 12.2 Å². The number of carbonyl (C=O) groups excluding carboxylic acids is 4. The molecule has 0 aliphatic carbocycles. The molecule has 2 aromatic carbocycles. The number of amides is 4. The lowest BCUT2D eigenvalue weighted by Gasteiger charge is -2.36. The van der Waals surface area contributed by atoms with Crippen molar-refractivity contribution in [3.05, 3.63) is 65.9 Å². The number of likely N-dealkylation sites (N-methyl/N-ethyl adjacent to an activating group) is 1. The Hall–Kier alpha value is -4.18. The molecular formula is C28H32N4O6. The van der Waals surface area contributed by atoms with E-state index in [-0.39, 0.29) is 44.1 Å². The number of anilines is 1. The van der Waals surface area contributed by atoms with Gasteiger partial charge in [-0.1, -0.05) is 43.0 Å². The Labute approximate surface area is 221 Å². The van der Waals surface area contributed by atoms with E-state index >= 15 is 0 Å². The first-order valence-electron chi connectivity index (χ1n) is 12.4. The van der Waals surface area contributed by atoms with Gasteiger partial charge in [0.1, 0.15) is 11.6 Å². The van der Waals surface area contributed by atoms with Crippen molar-refractivity contribution in [2.24, 2.45) is 5.73 Å². The van der Waals surface area contributed by atoms with Gasteiger partial charge in [-0.05, 0) is 35.2 Å². The van der Waals surface area contributed by atoms with Gasteiger partial charge in [-0.2, -0.15) is 0 Å². The number of allylic oxidation sites excluding steroid dienone is 1. The minimum atomic E-state index is -1.30. The summed E-state index contributed by atoms with van der Waals surface area (Å²) in [6.45, 7) is 5.58. The number of primary amides is 1. The quantitative estimate of drug-likeness (QED) is 0.456. The molecule has 2 aromatic rings. The van der Waals surface area contributed by atoms with E-state index in [9.17, 15) is 19.2 Å². The molecule has 4 N–H and O–H groups in total. The maximum Gasteiger partial charge on any atom is 0.413 e. The molecule has 1 fully saturated rings. The molecule has 4 amide bonds. The number of ether oxygens (including phenoxy) is 2. The van der Waals surface area contributed by atoms with E-state index < -0.39 is 29.5 Å². The fourth-order valence-electron chi connectivity index (χ4n) is 4.72. The molecule has 10 nitrogen and oxygen atoms in total. The van der Waals surface area contributed by atoms with Gasteiger partial charge in [-0.3, -0.25) is 14.4 Å². The molecule has 1 saturated heterocycles. The highest BCUT2D eigenvalue weighted by molar-refractivity contribution is 6.01. The van der Waals surface area contributed by atoms with Crippen LogP contribution in [-0.2, 0) is 36.7 Å². The molecule has 0 aromatic heterocycles. The maximum absolute atomic E-state index is 13.3. The molecule has 10 heteroatoms. The summed E-state index contributed by atoms with van der Waals surface area (Å²) in [7, 11) is 1.77. The predicted octanol–water partition coefficient (Wildman–Crippen LogP) is 2.19. The summed E-state index contributed by atoms with van der Waals surface area (Å²) in [5, 5.41) is 5.35. The molecule has 0 saturated carbocycles. The van der Waals surface area contributed by atoms with Crippen molar-refractivity contribution in [2.75, 3.05) is 25.2 Å². The number of benzene rings is 2. The van der Waals surface area contributed by atoms with E-state index in [1.54, 1.807) is 11.9 Å². The highest BCUT2D eigenvalue weighted by atomic mass is 16.6. The number of fused-ring (bicyclic) bond motifs is 1. The van der Waals surface area contributed by atoms with Crippen LogP contribution in [0.3, 0.4) is 0 Å². The number of rotatable bonds is 8. The molecule has 1 atom stereocenters. The van der Waals surface area contributed by atoms with Gasteiger partial charge in [0, 0.05) is 45.2 Å². The third-order valence-corrected chi connectivity index (χ3v) is 6.93. The standard InChI is InChI=1S/C28H32N4O6/c1-17(2)38-27(36)31-28(10-12-37-13-11-28)26(35)30-22(25(29)34)14-18-4-6-19(7-5-18)20-8-9-21-16-24(33)32(3)23(21)15-20/h4-9,15,22H,1,10-14,16H2,2-3H3,(H2,29,34)(H,30,35)(H,31,36)/t22-/m0/s1. The van der Waals surface area contributed by atoms with Crippen LogP contribution in [-0.4, -0.2) is 55.7 Å². The van der Waals surface area contributed by atoms with Crippen molar-refractivity contribution < 1.29 is 28.7 Å². The molecule has 0 radical (unpaired) electrons. The van der Waals surface area contributed by atoms with E-state index in [0.717, 1.165) is 27.9 Å². The van der Waals surface area contributed by atoms with Crippen LogP contribution in [0.4, 0.5) is 10.5 Å². The zero-order valence-corrected chi connectivity index (χ0v) is 21.5. The predicted molar refractivity (Wildman–Crippen MR) is 141 cm³/mol. The molecular weight excluding hydrogens is 488 g/mol. The number of hydrogen-bond donors (Lipinski definition) is 3. The fourth-order valence-corrected chi connectivity index (χ4v) is 4.72. The third kappa shape index (κ3) is 5.86. The highest BCUT2D eigenvalue weighted by Crippen LogP contribution is 2.32. The summed E-state index contributed by atoms with van der Waals surface area (Å²) in [6, 6.07) is 12.5. The van der Waals surface area contributed by atoms with E-state index in [2.05, 4.69) is 17.2 Å². The summed E-state index contributed by atoms with van der Waals surface area (Å²) in [6.07, 6.45) is 0.205. The van der Waals surface area contributed by atoms with Crippen LogP contribution in [0.1, 0.15) is 30.9 Å². The number of nitrogens with one attached hydrogen (secondary N) is 2. The van der Waals surface area contributed by atoms with Gasteiger partial charge < -0.3 is 30.7 Å². The van der Waals surface area contributed by atoms with Gasteiger partial charge in [0.25, 0.3) is 0 Å². The minimum absolute atomic E-state index is 0.0671. The third-order valence-electron chi connectivity index (χ3n) is 6.93. The van der Waals surface area contributed by atoms with E-state index in [1.165, 1.54) is 6.92 Å². The van der Waals surface area contributed by atoms with Crippen molar-refractivity contribution in [3.63, 3.8) is 0 Å². The number of nitrogens with zero attached hydrogens (tertiary/aromatic N) is 1. The van der Waals surface area contributed by atoms with Crippen LogP contribution in [0.15, 0.2) is 54.8 Å². The molecule has 4 rings (SSSR count). The lowest BCUT2D eigenvalue weighted by molar-refractivity contribution is -0.134. The SMILES string of the molecule is C=C(C)OC(=O)NC1(C(=O)N[C@@H](Cc2ccc(-c3ccc4c(c3)N(C)C(=O)C4)cc2)C(N)=O)CCOCC1. The first-order chi connectivity index (χ1) is 18.1. The largest absolute Gasteiger partial charge is 0.416 e. The number of nitrogens with two attached hydrogens (primary N) is 1. The van der Waals surface area contributed by atoms with Gasteiger partial charge in [-0.25, -0.2) is 4.79 Å². The summed E-state index contributed by atoms with van der Waals surface area (Å²) in [5.74, 6) is -0.973. The van der Waals surface area contributed by atoms with Crippen molar-refractivity contribution >= 4 is 29.5 Å². The second-order valence-electron chi connectivity index (χ2n) is 9.71. The molecule has 0 bridgehead atoms. The number of carbonyl (C=O) groups is 4. The molecule has 2 aliphatic heterocycles. The molecule has 0 unspecified atom stereocenters. The van der Waals surface area contributed by atoms with Crippen LogP contribution in [0.25, 0.3) is 11.1 Å². The highest BCUT2D eigenvalue weighted by Gasteiger charge is 2.43. The maximum atomic E-state index is 13.3. The summed E-state index contributed by atoms with van der Waals surface area (Å²) in [5.41, 5.74) is 8.94. The van der Waals surface area contributed by atoms with E-state index in [4.69, 9.17) is 15.2 Å². The van der Waals surface area contributed by atoms with Crippen LogP contribution >= 0.6 is 0 Å². The average molecular weight is 521 g/mol. The lowest BCUT2D eigenvalue weighted by Crippen LogP contribution is -2.63. The lowest BCUT2D eigenvalue weighted by atomic mass is 9.88. The smallest absolute Gasteiger partial charge is 0.413 e. The molecule has 38 heavy (non-hydrogen) atoms. The fraction of sp³-hybridized carbons (Fsp3) is 0.357. The molecule has 2 heterocycles. The Morgan fingerprint density at radius 2 is 1.79 bits per heavy atom. The van der Waals surface area contributed by atoms with Gasteiger partial charge in [-0.15, -0.1) is 0 Å². The normalized spacial score (nSPS) is 16.8. The Bertz CT molecular complexity index is 1270. The van der Waals surface area contributed by atoms with E-state index in [0.29, 0.717) is 6.42 Å². The second kappa shape index (κ2) is 11.1. The number of alkyl carbamates (subject to hydrolysis) is 1. The average Bonchev–Trinajstić information content (AvgIpc) is 3.16. The molecule has 2 aliphatic rings. The Balaban J connectivity index is 1.46. The zero-order valence-electron chi connectivity index (χ0n) is 21.5. The first-order valence-corrected chi connectivity index (χ1v) is 12.4. The van der Waals surface area contributed by atoms with Crippen LogP contribution < -0.4 is 21.3 Å².